The zero-order chi connectivity index (χ0) is 11.0. The number of alkyl halides is 1. The first-order valence-electron chi connectivity index (χ1n) is 5.37. The van der Waals surface area contributed by atoms with Crippen molar-refractivity contribution >= 4 is 28.5 Å². The molecule has 0 unspecified atom stereocenters. The van der Waals surface area contributed by atoms with E-state index in [0.717, 1.165) is 23.7 Å². The molecule has 0 radical (unpaired) electrons. The Morgan fingerprint density at radius 3 is 2.88 bits per heavy atom. The van der Waals surface area contributed by atoms with E-state index in [1.165, 1.54) is 0 Å². The maximum Gasteiger partial charge on any atom is 0.223 e. The molecule has 0 saturated heterocycles. The quantitative estimate of drug-likeness (QED) is 0.829. The molecule has 0 aliphatic heterocycles. The Kier molecular flexibility index (Phi) is 2.21. The minimum Gasteiger partial charge on any atom is -0.348 e. The second-order valence-corrected chi connectivity index (χ2v) is 4.56. The van der Waals surface area contributed by atoms with Crippen LogP contribution < -0.4 is 5.32 Å². The SMILES string of the molecule is ClCC1(Nc2ncc3ccccc3n2)CC1. The van der Waals surface area contributed by atoms with Crippen molar-refractivity contribution < 1.29 is 0 Å². The molecule has 1 fully saturated rings. The van der Waals surface area contributed by atoms with Crippen LogP contribution in [0.4, 0.5) is 5.95 Å². The van der Waals surface area contributed by atoms with E-state index >= 15 is 0 Å². The summed E-state index contributed by atoms with van der Waals surface area (Å²) in [7, 11) is 0. The van der Waals surface area contributed by atoms with Crippen LogP contribution in [0.5, 0.6) is 0 Å². The number of nitrogens with one attached hydrogen (secondary N) is 1. The van der Waals surface area contributed by atoms with Crippen LogP contribution in [-0.4, -0.2) is 21.4 Å². The predicted octanol–water partition coefficient (Wildman–Crippen LogP) is 2.81. The fraction of sp³-hybridized carbons (Fsp3) is 0.333. The molecule has 1 heterocycles. The molecule has 1 saturated carbocycles. The molecule has 0 spiro atoms. The zero-order valence-corrected chi connectivity index (χ0v) is 9.54. The first-order valence-corrected chi connectivity index (χ1v) is 5.91. The number of fused-ring (bicyclic) bond motifs is 1. The molecule has 82 valence electrons. The molecule has 1 aromatic heterocycles. The van der Waals surface area contributed by atoms with Crippen molar-refractivity contribution in [3.05, 3.63) is 30.5 Å². The van der Waals surface area contributed by atoms with Crippen LogP contribution in [0.1, 0.15) is 12.8 Å². The van der Waals surface area contributed by atoms with Gasteiger partial charge in [0, 0.05) is 17.5 Å². The standard InChI is InChI=1S/C12H12ClN3/c13-8-12(5-6-12)16-11-14-7-9-3-1-2-4-10(9)15-11/h1-4,7H,5-6,8H2,(H,14,15,16). The maximum atomic E-state index is 5.91. The molecule has 3 rings (SSSR count). The van der Waals surface area contributed by atoms with Gasteiger partial charge in [0.15, 0.2) is 0 Å². The summed E-state index contributed by atoms with van der Waals surface area (Å²) in [6.45, 7) is 0. The summed E-state index contributed by atoms with van der Waals surface area (Å²) in [5.41, 5.74) is 1.01. The van der Waals surface area contributed by atoms with Crippen molar-refractivity contribution in [2.24, 2.45) is 0 Å². The van der Waals surface area contributed by atoms with E-state index in [2.05, 4.69) is 15.3 Å². The minimum atomic E-state index is 0.0456. The lowest BCUT2D eigenvalue weighted by molar-refractivity contribution is 0.820. The molecular formula is C12H12ClN3. The summed E-state index contributed by atoms with van der Waals surface area (Å²) in [4.78, 5) is 8.77. The second-order valence-electron chi connectivity index (χ2n) is 4.29. The Morgan fingerprint density at radius 2 is 2.12 bits per heavy atom. The molecule has 0 bridgehead atoms. The number of aromatic nitrogens is 2. The molecule has 1 aliphatic carbocycles. The monoisotopic (exact) mass is 233 g/mol. The van der Waals surface area contributed by atoms with Crippen LogP contribution in [0.25, 0.3) is 10.9 Å². The first-order chi connectivity index (χ1) is 7.81. The molecular weight excluding hydrogens is 222 g/mol. The van der Waals surface area contributed by atoms with Gasteiger partial charge in [0.1, 0.15) is 0 Å². The van der Waals surface area contributed by atoms with E-state index in [-0.39, 0.29) is 5.54 Å². The molecule has 2 aromatic rings. The highest BCUT2D eigenvalue weighted by atomic mass is 35.5. The fourth-order valence-electron chi connectivity index (χ4n) is 1.71. The van der Waals surface area contributed by atoms with Gasteiger partial charge in [-0.2, -0.15) is 0 Å². The van der Waals surface area contributed by atoms with Crippen LogP contribution in [0.3, 0.4) is 0 Å². The van der Waals surface area contributed by atoms with Crippen molar-refractivity contribution in [2.45, 2.75) is 18.4 Å². The molecule has 0 amide bonds. The van der Waals surface area contributed by atoms with Crippen molar-refractivity contribution in [2.75, 3.05) is 11.2 Å². The Labute approximate surface area is 98.9 Å². The molecule has 1 aromatic carbocycles. The topological polar surface area (TPSA) is 37.8 Å². The van der Waals surface area contributed by atoms with Crippen LogP contribution in [0.15, 0.2) is 30.5 Å². The van der Waals surface area contributed by atoms with Crippen molar-refractivity contribution in [1.82, 2.24) is 9.97 Å². The summed E-state index contributed by atoms with van der Waals surface area (Å²) in [5.74, 6) is 1.29. The second kappa shape index (κ2) is 3.59. The van der Waals surface area contributed by atoms with Crippen LogP contribution in [-0.2, 0) is 0 Å². The number of nitrogens with zero attached hydrogens (tertiary/aromatic N) is 2. The number of hydrogen-bond acceptors (Lipinski definition) is 3. The molecule has 3 nitrogen and oxygen atoms in total. The Morgan fingerprint density at radius 1 is 1.31 bits per heavy atom. The minimum absolute atomic E-state index is 0.0456. The van der Waals surface area contributed by atoms with Crippen LogP contribution in [0.2, 0.25) is 0 Å². The van der Waals surface area contributed by atoms with Crippen LogP contribution >= 0.6 is 11.6 Å². The van der Waals surface area contributed by atoms with Gasteiger partial charge in [0.25, 0.3) is 0 Å². The number of para-hydroxylation sites is 1. The van der Waals surface area contributed by atoms with Gasteiger partial charge >= 0.3 is 0 Å². The van der Waals surface area contributed by atoms with Crippen molar-refractivity contribution in [3.63, 3.8) is 0 Å². The third kappa shape index (κ3) is 1.71. The van der Waals surface area contributed by atoms with E-state index in [1.807, 2.05) is 30.5 Å². The third-order valence-electron chi connectivity index (χ3n) is 2.98. The summed E-state index contributed by atoms with van der Waals surface area (Å²) in [6, 6.07) is 7.96. The average molecular weight is 234 g/mol. The van der Waals surface area contributed by atoms with E-state index in [0.29, 0.717) is 11.8 Å². The van der Waals surface area contributed by atoms with E-state index < -0.39 is 0 Å². The van der Waals surface area contributed by atoms with E-state index in [1.54, 1.807) is 0 Å². The zero-order valence-electron chi connectivity index (χ0n) is 8.78. The van der Waals surface area contributed by atoms with Crippen molar-refractivity contribution in [1.29, 1.82) is 0 Å². The summed E-state index contributed by atoms with van der Waals surface area (Å²) in [6.07, 6.45) is 4.05. The Hall–Kier alpha value is -1.35. The highest BCUT2D eigenvalue weighted by molar-refractivity contribution is 6.19. The molecule has 0 atom stereocenters. The number of rotatable bonds is 3. The summed E-state index contributed by atoms with van der Waals surface area (Å²) >= 11 is 5.91. The third-order valence-corrected chi connectivity index (χ3v) is 3.49. The first kappa shape index (κ1) is 9.85. The molecule has 1 aliphatic rings. The lowest BCUT2D eigenvalue weighted by atomic mass is 10.2. The number of anilines is 1. The Balaban J connectivity index is 1.93. The van der Waals surface area contributed by atoms with E-state index in [4.69, 9.17) is 11.6 Å². The van der Waals surface area contributed by atoms with Gasteiger partial charge in [-0.05, 0) is 18.9 Å². The smallest absolute Gasteiger partial charge is 0.223 e. The largest absolute Gasteiger partial charge is 0.348 e. The van der Waals surface area contributed by atoms with E-state index in [9.17, 15) is 0 Å². The highest BCUT2D eigenvalue weighted by Gasteiger charge is 2.42. The number of benzene rings is 1. The number of halogens is 1. The van der Waals surface area contributed by atoms with Gasteiger partial charge in [-0.1, -0.05) is 18.2 Å². The average Bonchev–Trinajstić information content (AvgIpc) is 3.09. The van der Waals surface area contributed by atoms with Gasteiger partial charge in [0.2, 0.25) is 5.95 Å². The van der Waals surface area contributed by atoms with Crippen molar-refractivity contribution in [3.8, 4) is 0 Å². The Bertz CT molecular complexity index is 522. The molecule has 1 N–H and O–H groups in total. The summed E-state index contributed by atoms with van der Waals surface area (Å²) < 4.78 is 0. The molecule has 4 heteroatoms. The fourth-order valence-corrected chi connectivity index (χ4v) is 2.05. The van der Waals surface area contributed by atoms with Gasteiger partial charge in [-0.25, -0.2) is 9.97 Å². The van der Waals surface area contributed by atoms with Crippen LogP contribution in [0, 0.1) is 0 Å². The van der Waals surface area contributed by atoms with Gasteiger partial charge in [0.05, 0.1) is 11.1 Å². The lowest BCUT2D eigenvalue weighted by Crippen LogP contribution is -2.24. The normalized spacial score (nSPS) is 17.3. The molecule has 16 heavy (non-hydrogen) atoms. The number of hydrogen-bond donors (Lipinski definition) is 1. The highest BCUT2D eigenvalue weighted by Crippen LogP contribution is 2.39. The van der Waals surface area contributed by atoms with Gasteiger partial charge in [-0.3, -0.25) is 0 Å². The van der Waals surface area contributed by atoms with Gasteiger partial charge < -0.3 is 5.32 Å². The predicted molar refractivity (Wildman–Crippen MR) is 65.8 cm³/mol. The van der Waals surface area contributed by atoms with Gasteiger partial charge in [-0.15, -0.1) is 11.6 Å². The lowest BCUT2D eigenvalue weighted by Gasteiger charge is -2.13. The summed E-state index contributed by atoms with van der Waals surface area (Å²) in [5, 5.41) is 4.38. The maximum absolute atomic E-state index is 5.91.